The highest BCUT2D eigenvalue weighted by Gasteiger charge is 2.47. The maximum atomic E-state index is 12.4. The first-order valence-corrected chi connectivity index (χ1v) is 8.74. The van der Waals surface area contributed by atoms with Crippen LogP contribution in [0.4, 0.5) is 11.4 Å². The number of hydrogen-bond acceptors (Lipinski definition) is 3. The molecule has 0 N–H and O–H groups in total. The lowest BCUT2D eigenvalue weighted by molar-refractivity contribution is -0.385. The highest BCUT2D eigenvalue weighted by molar-refractivity contribution is 5.95. The van der Waals surface area contributed by atoms with Gasteiger partial charge in [-0.3, -0.25) is 14.9 Å². The number of rotatable bonds is 2. The summed E-state index contributed by atoms with van der Waals surface area (Å²) in [7, 11) is 0. The third-order valence-corrected chi connectivity index (χ3v) is 5.46. The number of nitro groups is 1. The van der Waals surface area contributed by atoms with Crippen molar-refractivity contribution in [3.05, 3.63) is 69.3 Å². The maximum absolute atomic E-state index is 12.4. The van der Waals surface area contributed by atoms with Crippen LogP contribution in [0.5, 0.6) is 0 Å². The molecule has 0 spiro atoms. The number of nitrogens with zero attached hydrogens (tertiary/aromatic N) is 2. The average Bonchev–Trinajstić information content (AvgIpc) is 2.53. The van der Waals surface area contributed by atoms with Crippen molar-refractivity contribution in [2.75, 3.05) is 4.90 Å². The van der Waals surface area contributed by atoms with Crippen molar-refractivity contribution in [2.45, 2.75) is 52.0 Å². The van der Waals surface area contributed by atoms with E-state index in [1.807, 2.05) is 18.2 Å². The molecule has 1 amide bonds. The van der Waals surface area contributed by atoms with Gasteiger partial charge in [0.25, 0.3) is 5.69 Å². The van der Waals surface area contributed by atoms with E-state index in [2.05, 4.69) is 32.9 Å². The molecule has 0 fully saturated rings. The van der Waals surface area contributed by atoms with Crippen LogP contribution in [0, 0.1) is 17.0 Å². The topological polar surface area (TPSA) is 63.5 Å². The quantitative estimate of drug-likeness (QED) is 0.579. The first-order valence-electron chi connectivity index (χ1n) is 8.74. The Kier molecular flexibility index (Phi) is 4.14. The Balaban J connectivity index is 2.37. The smallest absolute Gasteiger partial charge is 0.272 e. The fourth-order valence-corrected chi connectivity index (χ4v) is 4.53. The first kappa shape index (κ1) is 18.1. The summed E-state index contributed by atoms with van der Waals surface area (Å²) in [6.45, 7) is 9.48. The van der Waals surface area contributed by atoms with Crippen LogP contribution in [0.2, 0.25) is 0 Å². The van der Waals surface area contributed by atoms with Crippen molar-refractivity contribution >= 4 is 17.3 Å². The largest absolute Gasteiger partial charge is 0.307 e. The lowest BCUT2D eigenvalue weighted by Gasteiger charge is -2.51. The van der Waals surface area contributed by atoms with E-state index in [1.165, 1.54) is 0 Å². The molecule has 26 heavy (non-hydrogen) atoms. The minimum absolute atomic E-state index is 0.0559. The molecule has 1 aliphatic heterocycles. The minimum atomic E-state index is -0.426. The van der Waals surface area contributed by atoms with E-state index in [-0.39, 0.29) is 16.5 Å². The van der Waals surface area contributed by atoms with Crippen LogP contribution in [0.25, 0.3) is 0 Å². The molecule has 5 heteroatoms. The van der Waals surface area contributed by atoms with Crippen LogP contribution in [0.3, 0.4) is 0 Å². The zero-order valence-corrected chi connectivity index (χ0v) is 15.9. The molecular weight excluding hydrogens is 328 g/mol. The lowest BCUT2D eigenvalue weighted by Crippen LogP contribution is -2.55. The normalized spacial score (nSPS) is 21.2. The molecule has 0 aromatic heterocycles. The Bertz CT molecular complexity index is 890. The summed E-state index contributed by atoms with van der Waals surface area (Å²) in [4.78, 5) is 25.4. The Morgan fingerprint density at radius 3 is 2.31 bits per heavy atom. The van der Waals surface area contributed by atoms with E-state index in [9.17, 15) is 14.9 Å². The first-order chi connectivity index (χ1) is 12.1. The molecule has 1 unspecified atom stereocenters. The number of carbonyl (C=O) groups excluding carboxylic acids is 1. The summed E-state index contributed by atoms with van der Waals surface area (Å²) >= 11 is 0. The van der Waals surface area contributed by atoms with Gasteiger partial charge in [-0.25, -0.2) is 0 Å². The van der Waals surface area contributed by atoms with Gasteiger partial charge in [0.05, 0.1) is 4.92 Å². The van der Waals surface area contributed by atoms with E-state index >= 15 is 0 Å². The third-order valence-electron chi connectivity index (χ3n) is 5.46. The van der Waals surface area contributed by atoms with Crippen molar-refractivity contribution < 1.29 is 9.72 Å². The van der Waals surface area contributed by atoms with E-state index in [0.29, 0.717) is 12.0 Å². The van der Waals surface area contributed by atoms with Crippen molar-refractivity contribution in [3.8, 4) is 0 Å². The third kappa shape index (κ3) is 2.68. The predicted octanol–water partition coefficient (Wildman–Crippen LogP) is 4.74. The second-order valence-electron chi connectivity index (χ2n) is 7.95. The second kappa shape index (κ2) is 5.94. The van der Waals surface area contributed by atoms with Gasteiger partial charge < -0.3 is 4.90 Å². The van der Waals surface area contributed by atoms with Crippen molar-refractivity contribution in [1.82, 2.24) is 0 Å². The number of carbonyl (C=O) groups is 1. The molecule has 1 heterocycles. The molecule has 2 aromatic rings. The fourth-order valence-electron chi connectivity index (χ4n) is 4.53. The summed E-state index contributed by atoms with van der Waals surface area (Å²) in [5.41, 5.74) is 2.51. The SMILES string of the molecule is CC(=O)N1c2cc(C)c([N+](=O)[O-])cc2C(C)(c2ccccc2)CC1(C)C. The van der Waals surface area contributed by atoms with E-state index in [1.54, 1.807) is 30.9 Å². The number of nitro benzene ring substituents is 1. The van der Waals surface area contributed by atoms with Crippen LogP contribution < -0.4 is 4.90 Å². The maximum Gasteiger partial charge on any atom is 0.272 e. The van der Waals surface area contributed by atoms with Gasteiger partial charge in [-0.2, -0.15) is 0 Å². The summed E-state index contributed by atoms with van der Waals surface area (Å²) < 4.78 is 0. The van der Waals surface area contributed by atoms with Crippen molar-refractivity contribution in [1.29, 1.82) is 0 Å². The standard InChI is InChI=1S/C21H24N2O3/c1-14-11-19-17(12-18(14)23(25)26)21(5,16-9-7-6-8-10-16)13-20(3,4)22(19)15(2)24/h6-12H,13H2,1-5H3. The minimum Gasteiger partial charge on any atom is -0.307 e. The molecule has 0 saturated heterocycles. The number of benzene rings is 2. The molecule has 136 valence electrons. The summed E-state index contributed by atoms with van der Waals surface area (Å²) in [5.74, 6) is -0.0559. The average molecular weight is 352 g/mol. The molecule has 1 aliphatic rings. The van der Waals surface area contributed by atoms with Gasteiger partial charge in [0.15, 0.2) is 0 Å². The molecule has 0 radical (unpaired) electrons. The van der Waals surface area contributed by atoms with Gasteiger partial charge >= 0.3 is 0 Å². The molecule has 3 rings (SSSR count). The Morgan fingerprint density at radius 2 is 1.77 bits per heavy atom. The van der Waals surface area contributed by atoms with Gasteiger partial charge in [0, 0.05) is 35.2 Å². The molecule has 2 aromatic carbocycles. The molecule has 1 atom stereocenters. The van der Waals surface area contributed by atoms with E-state index in [0.717, 1.165) is 16.8 Å². The fraction of sp³-hybridized carbons (Fsp3) is 0.381. The zero-order valence-electron chi connectivity index (χ0n) is 15.9. The van der Waals surface area contributed by atoms with Gasteiger partial charge in [-0.15, -0.1) is 0 Å². The van der Waals surface area contributed by atoms with Crippen LogP contribution in [0.1, 0.15) is 50.8 Å². The highest BCUT2D eigenvalue weighted by Crippen LogP contribution is 2.51. The molecule has 5 nitrogen and oxygen atoms in total. The monoisotopic (exact) mass is 352 g/mol. The van der Waals surface area contributed by atoms with Crippen LogP contribution in [-0.4, -0.2) is 16.4 Å². The number of amides is 1. The predicted molar refractivity (Wildman–Crippen MR) is 103 cm³/mol. The van der Waals surface area contributed by atoms with Gasteiger partial charge in [0.1, 0.15) is 0 Å². The van der Waals surface area contributed by atoms with Crippen molar-refractivity contribution in [3.63, 3.8) is 0 Å². The van der Waals surface area contributed by atoms with Crippen molar-refractivity contribution in [2.24, 2.45) is 0 Å². The number of anilines is 1. The van der Waals surface area contributed by atoms with Gasteiger partial charge in [-0.05, 0) is 44.4 Å². The van der Waals surface area contributed by atoms with Gasteiger partial charge in [0.2, 0.25) is 5.91 Å². The Labute approximate surface area is 153 Å². The van der Waals surface area contributed by atoms with E-state index in [4.69, 9.17) is 0 Å². The number of aryl methyl sites for hydroxylation is 1. The molecule has 0 saturated carbocycles. The summed E-state index contributed by atoms with van der Waals surface area (Å²) in [5, 5.41) is 11.5. The van der Waals surface area contributed by atoms with Crippen LogP contribution >= 0.6 is 0 Å². The van der Waals surface area contributed by atoms with Crippen LogP contribution in [0.15, 0.2) is 42.5 Å². The lowest BCUT2D eigenvalue weighted by atomic mass is 9.65. The number of hydrogen-bond donors (Lipinski definition) is 0. The summed E-state index contributed by atoms with van der Waals surface area (Å²) in [6, 6.07) is 13.5. The second-order valence-corrected chi connectivity index (χ2v) is 7.95. The molecular formula is C21H24N2O3. The molecule has 0 aliphatic carbocycles. The van der Waals surface area contributed by atoms with E-state index < -0.39 is 11.0 Å². The summed E-state index contributed by atoms with van der Waals surface area (Å²) in [6.07, 6.45) is 0.677. The Hall–Kier alpha value is -2.69. The zero-order chi connectivity index (χ0) is 19.3. The Morgan fingerprint density at radius 1 is 1.15 bits per heavy atom. The van der Waals surface area contributed by atoms with Crippen LogP contribution in [-0.2, 0) is 10.2 Å². The molecule has 0 bridgehead atoms. The highest BCUT2D eigenvalue weighted by atomic mass is 16.6. The number of fused-ring (bicyclic) bond motifs is 1. The van der Waals surface area contributed by atoms with Gasteiger partial charge in [-0.1, -0.05) is 37.3 Å².